The second-order valence-corrected chi connectivity index (χ2v) is 5.81. The third kappa shape index (κ3) is 6.19. The summed E-state index contributed by atoms with van der Waals surface area (Å²) < 4.78 is 41.6. The van der Waals surface area contributed by atoms with Gasteiger partial charge in [-0.2, -0.15) is 13.2 Å². The summed E-state index contributed by atoms with van der Waals surface area (Å²) >= 11 is 0. The fourth-order valence-electron chi connectivity index (χ4n) is 1.91. The number of hydrogen-bond donors (Lipinski definition) is 3. The Morgan fingerprint density at radius 3 is 2.43 bits per heavy atom. The van der Waals surface area contributed by atoms with Crippen LogP contribution in [0.25, 0.3) is 0 Å². The fourth-order valence-corrected chi connectivity index (χ4v) is 1.91. The number of alkyl carbamates (subject to hydrolysis) is 1. The SMILES string of the molecule is CC(C)(C)OC(=O)NC[C@H]1NCC[C@H]1NC(=O)C(F)(F)F. The molecule has 0 saturated carbocycles. The highest BCUT2D eigenvalue weighted by atomic mass is 19.4. The minimum Gasteiger partial charge on any atom is -0.444 e. The Hall–Kier alpha value is -1.51. The molecule has 0 aromatic rings. The van der Waals surface area contributed by atoms with E-state index in [1.165, 1.54) is 0 Å². The molecule has 1 saturated heterocycles. The molecule has 1 aliphatic rings. The van der Waals surface area contributed by atoms with E-state index < -0.39 is 35.9 Å². The van der Waals surface area contributed by atoms with E-state index in [2.05, 4.69) is 10.6 Å². The zero-order chi connectivity index (χ0) is 16.3. The van der Waals surface area contributed by atoms with Crippen molar-refractivity contribution in [2.75, 3.05) is 13.1 Å². The van der Waals surface area contributed by atoms with E-state index in [0.717, 1.165) is 0 Å². The standard InChI is InChI=1S/C12H20F3N3O3/c1-11(2,3)21-10(20)17-6-8-7(4-5-16-8)18-9(19)12(13,14)15/h7-8,16H,4-6H2,1-3H3,(H,17,20)(H,18,19)/t7-,8-/m1/s1. The molecule has 9 heteroatoms. The Bertz CT molecular complexity index is 393. The van der Waals surface area contributed by atoms with Crippen LogP contribution in [0.2, 0.25) is 0 Å². The quantitative estimate of drug-likeness (QED) is 0.724. The summed E-state index contributed by atoms with van der Waals surface area (Å²) in [7, 11) is 0. The van der Waals surface area contributed by atoms with E-state index in [0.29, 0.717) is 13.0 Å². The summed E-state index contributed by atoms with van der Waals surface area (Å²) in [6.07, 6.45) is -5.20. The summed E-state index contributed by atoms with van der Waals surface area (Å²) in [4.78, 5) is 22.4. The van der Waals surface area contributed by atoms with Crippen LogP contribution in [-0.4, -0.2) is 49.0 Å². The molecule has 0 radical (unpaired) electrons. The highest BCUT2D eigenvalue weighted by molar-refractivity contribution is 5.82. The number of nitrogens with one attached hydrogen (secondary N) is 3. The molecule has 0 aromatic heterocycles. The molecule has 1 heterocycles. The van der Waals surface area contributed by atoms with Crippen molar-refractivity contribution < 1.29 is 27.5 Å². The van der Waals surface area contributed by atoms with Crippen molar-refractivity contribution >= 4 is 12.0 Å². The molecule has 2 amide bonds. The molecule has 0 aromatic carbocycles. The van der Waals surface area contributed by atoms with Gasteiger partial charge in [0.05, 0.1) is 0 Å². The molecule has 1 rings (SSSR count). The molecule has 122 valence electrons. The van der Waals surface area contributed by atoms with Crippen LogP contribution in [0.15, 0.2) is 0 Å². The average Bonchev–Trinajstić information content (AvgIpc) is 2.70. The molecule has 2 atom stereocenters. The third-order valence-electron chi connectivity index (χ3n) is 2.79. The molecular weight excluding hydrogens is 291 g/mol. The Balaban J connectivity index is 2.44. The molecular formula is C12H20F3N3O3. The van der Waals surface area contributed by atoms with Gasteiger partial charge in [-0.15, -0.1) is 0 Å². The Morgan fingerprint density at radius 2 is 1.90 bits per heavy atom. The van der Waals surface area contributed by atoms with Crippen LogP contribution in [0.1, 0.15) is 27.2 Å². The van der Waals surface area contributed by atoms with Gasteiger partial charge in [0, 0.05) is 18.6 Å². The smallest absolute Gasteiger partial charge is 0.444 e. The van der Waals surface area contributed by atoms with Crippen molar-refractivity contribution in [3.05, 3.63) is 0 Å². The maximum Gasteiger partial charge on any atom is 0.471 e. The molecule has 21 heavy (non-hydrogen) atoms. The van der Waals surface area contributed by atoms with Gasteiger partial charge < -0.3 is 20.7 Å². The lowest BCUT2D eigenvalue weighted by atomic mass is 10.1. The molecule has 0 aliphatic carbocycles. The minimum absolute atomic E-state index is 0.0672. The van der Waals surface area contributed by atoms with Crippen molar-refractivity contribution in [2.24, 2.45) is 0 Å². The highest BCUT2D eigenvalue weighted by Gasteiger charge is 2.41. The van der Waals surface area contributed by atoms with Gasteiger partial charge in [-0.25, -0.2) is 4.79 Å². The highest BCUT2D eigenvalue weighted by Crippen LogP contribution is 2.16. The number of hydrogen-bond acceptors (Lipinski definition) is 4. The number of carbonyl (C=O) groups excluding carboxylic acids is 2. The first-order valence-corrected chi connectivity index (χ1v) is 6.57. The summed E-state index contributed by atoms with van der Waals surface area (Å²) in [6.45, 7) is 5.63. The maximum absolute atomic E-state index is 12.2. The lowest BCUT2D eigenvalue weighted by molar-refractivity contribution is -0.174. The Kier molecular flexibility index (Phi) is 5.43. The van der Waals surface area contributed by atoms with Crippen LogP contribution in [0.4, 0.5) is 18.0 Å². The topological polar surface area (TPSA) is 79.5 Å². The molecule has 0 bridgehead atoms. The van der Waals surface area contributed by atoms with Crippen LogP contribution in [0, 0.1) is 0 Å². The van der Waals surface area contributed by atoms with Crippen molar-refractivity contribution in [3.8, 4) is 0 Å². The summed E-state index contributed by atoms with van der Waals surface area (Å²) in [6, 6.07) is -1.15. The third-order valence-corrected chi connectivity index (χ3v) is 2.79. The molecule has 0 unspecified atom stereocenters. The average molecular weight is 311 g/mol. The van der Waals surface area contributed by atoms with Gasteiger partial charge in [0.2, 0.25) is 0 Å². The Morgan fingerprint density at radius 1 is 1.29 bits per heavy atom. The van der Waals surface area contributed by atoms with Crippen molar-refractivity contribution in [2.45, 2.75) is 51.1 Å². The zero-order valence-corrected chi connectivity index (χ0v) is 12.1. The number of rotatable bonds is 3. The number of alkyl halides is 3. The maximum atomic E-state index is 12.2. The molecule has 0 spiro atoms. The summed E-state index contributed by atoms with van der Waals surface area (Å²) in [5, 5.41) is 7.32. The Labute approximate surface area is 120 Å². The molecule has 3 N–H and O–H groups in total. The van der Waals surface area contributed by atoms with Crippen LogP contribution < -0.4 is 16.0 Å². The fraction of sp³-hybridized carbons (Fsp3) is 0.833. The van der Waals surface area contributed by atoms with Gasteiger partial charge in [0.15, 0.2) is 0 Å². The number of ether oxygens (including phenoxy) is 1. The number of carbonyl (C=O) groups is 2. The van der Waals surface area contributed by atoms with E-state index in [9.17, 15) is 22.8 Å². The van der Waals surface area contributed by atoms with Crippen LogP contribution in [0.5, 0.6) is 0 Å². The first kappa shape index (κ1) is 17.5. The lowest BCUT2D eigenvalue weighted by Crippen LogP contribution is -2.52. The normalized spacial score (nSPS) is 22.8. The number of halogens is 3. The van der Waals surface area contributed by atoms with E-state index in [-0.39, 0.29) is 6.54 Å². The molecule has 1 aliphatic heterocycles. The second-order valence-electron chi connectivity index (χ2n) is 5.81. The van der Waals surface area contributed by atoms with E-state index in [4.69, 9.17) is 4.74 Å². The van der Waals surface area contributed by atoms with Crippen molar-refractivity contribution in [1.82, 2.24) is 16.0 Å². The van der Waals surface area contributed by atoms with Gasteiger partial charge in [-0.05, 0) is 33.7 Å². The molecule has 1 fully saturated rings. The van der Waals surface area contributed by atoms with Gasteiger partial charge in [-0.3, -0.25) is 4.79 Å². The zero-order valence-electron chi connectivity index (χ0n) is 12.1. The first-order valence-electron chi connectivity index (χ1n) is 6.57. The minimum atomic E-state index is -4.91. The van der Waals surface area contributed by atoms with Crippen LogP contribution in [0.3, 0.4) is 0 Å². The van der Waals surface area contributed by atoms with Gasteiger partial charge >= 0.3 is 18.2 Å². The van der Waals surface area contributed by atoms with Gasteiger partial charge in [0.25, 0.3) is 0 Å². The summed E-state index contributed by atoms with van der Waals surface area (Å²) in [5.74, 6) is -1.97. The molecule has 6 nitrogen and oxygen atoms in total. The van der Waals surface area contributed by atoms with Gasteiger partial charge in [-0.1, -0.05) is 0 Å². The van der Waals surface area contributed by atoms with E-state index in [1.54, 1.807) is 20.8 Å². The summed E-state index contributed by atoms with van der Waals surface area (Å²) in [5.41, 5.74) is -0.656. The van der Waals surface area contributed by atoms with E-state index >= 15 is 0 Å². The predicted molar refractivity (Wildman–Crippen MR) is 68.6 cm³/mol. The monoisotopic (exact) mass is 311 g/mol. The second kappa shape index (κ2) is 6.50. The van der Waals surface area contributed by atoms with Crippen molar-refractivity contribution in [1.29, 1.82) is 0 Å². The first-order chi connectivity index (χ1) is 9.49. The predicted octanol–water partition coefficient (Wildman–Crippen LogP) is 0.920. The van der Waals surface area contributed by atoms with Crippen LogP contribution in [-0.2, 0) is 9.53 Å². The number of amides is 2. The van der Waals surface area contributed by atoms with Crippen LogP contribution >= 0.6 is 0 Å². The van der Waals surface area contributed by atoms with E-state index in [1.807, 2.05) is 5.32 Å². The van der Waals surface area contributed by atoms with Crippen molar-refractivity contribution in [3.63, 3.8) is 0 Å². The largest absolute Gasteiger partial charge is 0.471 e. The lowest BCUT2D eigenvalue weighted by Gasteiger charge is -2.23. The van der Waals surface area contributed by atoms with Gasteiger partial charge in [0.1, 0.15) is 5.60 Å².